The SMILES string of the molecule is N[C@@H](CCC(=O)O)C(=O)NCC(=O)[O-].[K+]. The molecule has 0 fully saturated rings. The fourth-order valence-electron chi connectivity index (χ4n) is 0.700. The number of amides is 1. The summed E-state index contributed by atoms with van der Waals surface area (Å²) in [5, 5.41) is 20.2. The second kappa shape index (κ2) is 9.25. The minimum Gasteiger partial charge on any atom is -0.548 e. The van der Waals surface area contributed by atoms with Crippen LogP contribution in [0.3, 0.4) is 0 Å². The Morgan fingerprint density at radius 3 is 2.33 bits per heavy atom. The fourth-order valence-corrected chi connectivity index (χ4v) is 0.700. The average Bonchev–Trinajstić information content (AvgIpc) is 2.09. The number of nitrogens with one attached hydrogen (secondary N) is 1. The first-order valence-corrected chi connectivity index (χ1v) is 3.88. The maximum absolute atomic E-state index is 10.9. The van der Waals surface area contributed by atoms with Gasteiger partial charge in [0.25, 0.3) is 0 Å². The van der Waals surface area contributed by atoms with E-state index in [1.807, 2.05) is 5.32 Å². The molecule has 0 spiro atoms. The molecule has 0 aromatic rings. The molecule has 0 bridgehead atoms. The van der Waals surface area contributed by atoms with Crippen molar-refractivity contribution in [3.8, 4) is 0 Å². The van der Waals surface area contributed by atoms with E-state index in [1.165, 1.54) is 0 Å². The Morgan fingerprint density at radius 2 is 1.93 bits per heavy atom. The second-order valence-corrected chi connectivity index (χ2v) is 2.63. The number of carboxylic acid groups (broad SMARTS) is 2. The standard InChI is InChI=1S/C7H12N2O5.K/c8-4(1-2-5(10)11)7(14)9-3-6(12)13;/h4H,1-3,8H2,(H,9,14)(H,10,11)(H,12,13);/q;+1/p-1/t4-;/m0./s1. The predicted molar refractivity (Wildman–Crippen MR) is 42.9 cm³/mol. The molecule has 8 heteroatoms. The summed E-state index contributed by atoms with van der Waals surface area (Å²) in [7, 11) is 0. The summed E-state index contributed by atoms with van der Waals surface area (Å²) in [5.74, 6) is -3.19. The van der Waals surface area contributed by atoms with Gasteiger partial charge < -0.3 is 26.1 Å². The normalized spacial score (nSPS) is 11.0. The van der Waals surface area contributed by atoms with Gasteiger partial charge >= 0.3 is 57.4 Å². The van der Waals surface area contributed by atoms with Crippen molar-refractivity contribution in [3.63, 3.8) is 0 Å². The van der Waals surface area contributed by atoms with Gasteiger partial charge in [0.1, 0.15) is 0 Å². The van der Waals surface area contributed by atoms with E-state index < -0.39 is 30.4 Å². The molecule has 15 heavy (non-hydrogen) atoms. The molecule has 0 unspecified atom stereocenters. The van der Waals surface area contributed by atoms with Gasteiger partial charge in [-0.1, -0.05) is 0 Å². The Hall–Kier alpha value is 0.00636. The van der Waals surface area contributed by atoms with Crippen LogP contribution in [-0.4, -0.2) is 35.5 Å². The van der Waals surface area contributed by atoms with Crippen LogP contribution in [-0.2, 0) is 14.4 Å². The Balaban J connectivity index is 0. The van der Waals surface area contributed by atoms with Crippen molar-refractivity contribution in [2.45, 2.75) is 18.9 Å². The predicted octanol–water partition coefficient (Wildman–Crippen LogP) is -5.95. The van der Waals surface area contributed by atoms with Crippen molar-refractivity contribution < 1.29 is 76.0 Å². The van der Waals surface area contributed by atoms with Gasteiger partial charge in [-0.25, -0.2) is 0 Å². The van der Waals surface area contributed by atoms with E-state index in [9.17, 15) is 19.5 Å². The van der Waals surface area contributed by atoms with Gasteiger partial charge in [-0.3, -0.25) is 9.59 Å². The molecule has 0 aliphatic rings. The van der Waals surface area contributed by atoms with E-state index in [0.717, 1.165) is 0 Å². The molecule has 0 aliphatic carbocycles. The van der Waals surface area contributed by atoms with E-state index in [0.29, 0.717) is 0 Å². The summed E-state index contributed by atoms with van der Waals surface area (Å²) < 4.78 is 0. The van der Waals surface area contributed by atoms with Crippen LogP contribution in [0.4, 0.5) is 0 Å². The number of aliphatic carboxylic acids is 2. The van der Waals surface area contributed by atoms with E-state index in [2.05, 4.69) is 0 Å². The summed E-state index contributed by atoms with van der Waals surface area (Å²) in [5.41, 5.74) is 5.26. The van der Waals surface area contributed by atoms with Crippen LogP contribution < -0.4 is 67.5 Å². The average molecular weight is 242 g/mol. The first-order valence-electron chi connectivity index (χ1n) is 3.88. The summed E-state index contributed by atoms with van der Waals surface area (Å²) in [6.07, 6.45) is -0.270. The molecule has 0 rings (SSSR count). The number of carbonyl (C=O) groups excluding carboxylic acids is 2. The van der Waals surface area contributed by atoms with Crippen LogP contribution in [0.1, 0.15) is 12.8 Å². The molecule has 0 saturated heterocycles. The first kappa shape index (κ1) is 17.4. The largest absolute Gasteiger partial charge is 1.00 e. The molecular weight excluding hydrogens is 231 g/mol. The van der Waals surface area contributed by atoms with Crippen LogP contribution in [0.2, 0.25) is 0 Å². The molecule has 1 amide bonds. The topological polar surface area (TPSA) is 133 Å². The zero-order valence-electron chi connectivity index (χ0n) is 8.36. The molecular formula is C7H11KN2O5. The van der Waals surface area contributed by atoms with Gasteiger partial charge in [0, 0.05) is 6.42 Å². The minimum atomic E-state index is -1.43. The smallest absolute Gasteiger partial charge is 0.548 e. The number of hydrogen-bond acceptors (Lipinski definition) is 5. The van der Waals surface area contributed by atoms with Crippen molar-refractivity contribution in [2.24, 2.45) is 5.73 Å². The van der Waals surface area contributed by atoms with Crippen LogP contribution in [0, 0.1) is 0 Å². The number of hydrogen-bond donors (Lipinski definition) is 3. The molecule has 0 saturated carbocycles. The molecule has 80 valence electrons. The van der Waals surface area contributed by atoms with Crippen LogP contribution in [0.15, 0.2) is 0 Å². The van der Waals surface area contributed by atoms with Crippen LogP contribution >= 0.6 is 0 Å². The summed E-state index contributed by atoms with van der Waals surface area (Å²) in [6.45, 7) is -0.625. The molecule has 0 aromatic carbocycles. The Bertz CT molecular complexity index is 246. The Kier molecular flexibility index (Phi) is 10.7. The summed E-state index contributed by atoms with van der Waals surface area (Å²) in [4.78, 5) is 31.0. The number of nitrogens with two attached hydrogens (primary N) is 1. The van der Waals surface area contributed by atoms with Crippen molar-refractivity contribution in [2.75, 3.05) is 6.54 Å². The zero-order valence-corrected chi connectivity index (χ0v) is 11.5. The third kappa shape index (κ3) is 10.3. The van der Waals surface area contributed by atoms with E-state index in [-0.39, 0.29) is 64.2 Å². The first-order chi connectivity index (χ1) is 6.43. The molecule has 0 radical (unpaired) electrons. The van der Waals surface area contributed by atoms with Crippen molar-refractivity contribution in [1.82, 2.24) is 5.32 Å². The molecule has 1 atom stereocenters. The molecule has 0 aliphatic heterocycles. The third-order valence-corrected chi connectivity index (χ3v) is 1.41. The van der Waals surface area contributed by atoms with Gasteiger partial charge in [0.15, 0.2) is 0 Å². The quantitative estimate of drug-likeness (QED) is 0.397. The number of carboxylic acids is 2. The van der Waals surface area contributed by atoms with Crippen molar-refractivity contribution in [1.29, 1.82) is 0 Å². The van der Waals surface area contributed by atoms with Crippen LogP contribution in [0.5, 0.6) is 0 Å². The Labute approximate surface area is 129 Å². The van der Waals surface area contributed by atoms with Gasteiger partial charge in [-0.15, -0.1) is 0 Å². The Morgan fingerprint density at radius 1 is 1.40 bits per heavy atom. The summed E-state index contributed by atoms with van der Waals surface area (Å²) in [6, 6.07) is -1.01. The molecule has 4 N–H and O–H groups in total. The molecule has 7 nitrogen and oxygen atoms in total. The van der Waals surface area contributed by atoms with E-state index >= 15 is 0 Å². The van der Waals surface area contributed by atoms with E-state index in [1.54, 1.807) is 0 Å². The monoisotopic (exact) mass is 242 g/mol. The second-order valence-electron chi connectivity index (χ2n) is 2.63. The van der Waals surface area contributed by atoms with Gasteiger partial charge in [-0.2, -0.15) is 0 Å². The third-order valence-electron chi connectivity index (χ3n) is 1.41. The van der Waals surface area contributed by atoms with Crippen LogP contribution in [0.25, 0.3) is 0 Å². The van der Waals surface area contributed by atoms with Crippen molar-refractivity contribution in [3.05, 3.63) is 0 Å². The number of rotatable bonds is 6. The zero-order chi connectivity index (χ0) is 11.1. The summed E-state index contributed by atoms with van der Waals surface area (Å²) >= 11 is 0. The fraction of sp³-hybridized carbons (Fsp3) is 0.571. The van der Waals surface area contributed by atoms with Gasteiger partial charge in [0.2, 0.25) is 5.91 Å². The number of carbonyl (C=O) groups is 3. The molecule has 0 aromatic heterocycles. The van der Waals surface area contributed by atoms with Gasteiger partial charge in [-0.05, 0) is 6.42 Å². The van der Waals surface area contributed by atoms with Crippen molar-refractivity contribution >= 4 is 17.8 Å². The van der Waals surface area contributed by atoms with Gasteiger partial charge in [0.05, 0.1) is 18.6 Å². The maximum Gasteiger partial charge on any atom is 1.00 e. The minimum absolute atomic E-state index is 0. The molecule has 0 heterocycles. The maximum atomic E-state index is 10.9. The van der Waals surface area contributed by atoms with E-state index in [4.69, 9.17) is 10.8 Å².